The molecular weight excluding hydrogens is 354 g/mol. The van der Waals surface area contributed by atoms with E-state index in [0.29, 0.717) is 5.92 Å². The summed E-state index contributed by atoms with van der Waals surface area (Å²) in [4.78, 5) is 15.0. The minimum Gasteiger partial charge on any atom is -0.314 e. The Morgan fingerprint density at radius 3 is 2.89 bits per heavy atom. The molecule has 2 aliphatic rings. The largest absolute Gasteiger partial charge is 0.323 e. The lowest BCUT2D eigenvalue weighted by molar-refractivity contribution is 0.203. The Morgan fingerprint density at radius 1 is 1.21 bits per heavy atom. The average molecular weight is 386 g/mol. The summed E-state index contributed by atoms with van der Waals surface area (Å²) in [5.74, 6) is 3.30. The van der Waals surface area contributed by atoms with Crippen LogP contribution in [0.4, 0.5) is 10.6 Å². The average Bonchev–Trinajstić information content (AvgIpc) is 3.30. The smallest absolute Gasteiger partial charge is 0.314 e. The molecule has 0 unspecified atom stereocenters. The second-order valence-corrected chi connectivity index (χ2v) is 8.46. The van der Waals surface area contributed by atoms with Crippen molar-refractivity contribution >= 4 is 11.8 Å². The summed E-state index contributed by atoms with van der Waals surface area (Å²) in [6.07, 6.45) is 7.38. The SMILES string of the molecule is CC(C)Cc1cc(NC(=O)N2CCC[C@@H]2c2nnc3n2CCCCC3)n(C)n1. The van der Waals surface area contributed by atoms with Crippen LogP contribution in [0, 0.1) is 5.92 Å². The molecule has 0 bridgehead atoms. The van der Waals surface area contributed by atoms with E-state index in [-0.39, 0.29) is 12.1 Å². The standard InChI is InChI=1S/C20H31N7O/c1-14(2)12-15-13-18(25(3)24-15)21-20(28)26-11-7-8-16(26)19-23-22-17-9-5-4-6-10-27(17)19/h13-14,16H,4-12H2,1-3H3,(H,21,28)/t16-/m1/s1. The fraction of sp³-hybridized carbons (Fsp3) is 0.700. The zero-order valence-electron chi connectivity index (χ0n) is 17.2. The van der Waals surface area contributed by atoms with E-state index in [1.165, 1.54) is 12.8 Å². The summed E-state index contributed by atoms with van der Waals surface area (Å²) in [5, 5.41) is 16.5. The number of urea groups is 1. The van der Waals surface area contributed by atoms with Crippen molar-refractivity contribution in [3.8, 4) is 0 Å². The summed E-state index contributed by atoms with van der Waals surface area (Å²) < 4.78 is 4.01. The molecule has 8 nitrogen and oxygen atoms in total. The number of nitrogens with one attached hydrogen (secondary N) is 1. The number of carbonyl (C=O) groups excluding carboxylic acids is 1. The highest BCUT2D eigenvalue weighted by Gasteiger charge is 2.34. The van der Waals surface area contributed by atoms with Crippen molar-refractivity contribution in [2.45, 2.75) is 71.4 Å². The van der Waals surface area contributed by atoms with E-state index in [9.17, 15) is 4.79 Å². The predicted molar refractivity (Wildman–Crippen MR) is 107 cm³/mol. The van der Waals surface area contributed by atoms with Crippen molar-refractivity contribution in [3.63, 3.8) is 0 Å². The van der Waals surface area contributed by atoms with Crippen LogP contribution in [0.1, 0.15) is 69.3 Å². The number of hydrogen-bond donors (Lipinski definition) is 1. The highest BCUT2D eigenvalue weighted by Crippen LogP contribution is 2.32. The number of aromatic nitrogens is 5. The Balaban J connectivity index is 1.50. The van der Waals surface area contributed by atoms with E-state index >= 15 is 0 Å². The Hall–Kier alpha value is -2.38. The first kappa shape index (κ1) is 19.0. The zero-order valence-corrected chi connectivity index (χ0v) is 17.2. The van der Waals surface area contributed by atoms with Gasteiger partial charge in [0.15, 0.2) is 5.82 Å². The number of hydrogen-bond acceptors (Lipinski definition) is 4. The van der Waals surface area contributed by atoms with Gasteiger partial charge in [-0.2, -0.15) is 5.10 Å². The molecule has 1 atom stereocenters. The zero-order chi connectivity index (χ0) is 19.7. The minimum absolute atomic E-state index is 0.00251. The summed E-state index contributed by atoms with van der Waals surface area (Å²) in [6, 6.07) is 1.90. The molecule has 4 rings (SSSR count). The fourth-order valence-electron chi connectivity index (χ4n) is 4.38. The lowest BCUT2D eigenvalue weighted by Crippen LogP contribution is -2.36. The van der Waals surface area contributed by atoms with E-state index in [2.05, 4.69) is 39.0 Å². The molecule has 2 aliphatic heterocycles. The molecule has 2 amide bonds. The molecule has 1 fully saturated rings. The molecule has 2 aromatic heterocycles. The van der Waals surface area contributed by atoms with Gasteiger partial charge in [-0.05, 0) is 38.0 Å². The van der Waals surface area contributed by atoms with Crippen LogP contribution in [0.15, 0.2) is 6.07 Å². The molecule has 8 heteroatoms. The maximum Gasteiger partial charge on any atom is 0.323 e. The summed E-state index contributed by atoms with van der Waals surface area (Å²) in [6.45, 7) is 6.05. The lowest BCUT2D eigenvalue weighted by atomic mass is 10.1. The third kappa shape index (κ3) is 3.77. The number of anilines is 1. The predicted octanol–water partition coefficient (Wildman–Crippen LogP) is 3.31. The van der Waals surface area contributed by atoms with Crippen molar-refractivity contribution in [2.24, 2.45) is 13.0 Å². The van der Waals surface area contributed by atoms with E-state index in [1.807, 2.05) is 18.0 Å². The molecule has 0 aliphatic carbocycles. The van der Waals surface area contributed by atoms with Gasteiger partial charge >= 0.3 is 6.03 Å². The normalized spacial score (nSPS) is 19.7. The van der Waals surface area contributed by atoms with Crippen LogP contribution in [0.3, 0.4) is 0 Å². The molecule has 1 saturated heterocycles. The molecule has 2 aromatic rings. The molecule has 0 aromatic carbocycles. The monoisotopic (exact) mass is 385 g/mol. The van der Waals surface area contributed by atoms with Gasteiger partial charge in [0.25, 0.3) is 0 Å². The molecule has 4 heterocycles. The number of aryl methyl sites for hydroxylation is 2. The summed E-state index contributed by atoms with van der Waals surface area (Å²) >= 11 is 0. The first-order valence-electron chi connectivity index (χ1n) is 10.6. The van der Waals surface area contributed by atoms with Crippen molar-refractivity contribution in [1.82, 2.24) is 29.4 Å². The number of rotatable bonds is 4. The summed E-state index contributed by atoms with van der Waals surface area (Å²) in [7, 11) is 1.87. The maximum absolute atomic E-state index is 13.1. The van der Waals surface area contributed by atoms with Crippen LogP contribution in [0.2, 0.25) is 0 Å². The molecule has 28 heavy (non-hydrogen) atoms. The third-order valence-corrected chi connectivity index (χ3v) is 5.73. The van der Waals surface area contributed by atoms with E-state index < -0.39 is 0 Å². The molecule has 152 valence electrons. The molecular formula is C20H31N7O. The first-order chi connectivity index (χ1) is 13.5. The van der Waals surface area contributed by atoms with Gasteiger partial charge in [-0.25, -0.2) is 4.79 Å². The molecule has 0 spiro atoms. The highest BCUT2D eigenvalue weighted by atomic mass is 16.2. The lowest BCUT2D eigenvalue weighted by Gasteiger charge is -2.25. The number of amides is 2. The number of nitrogens with zero attached hydrogens (tertiary/aromatic N) is 6. The van der Waals surface area contributed by atoms with Crippen molar-refractivity contribution < 1.29 is 4.79 Å². The van der Waals surface area contributed by atoms with Gasteiger partial charge < -0.3 is 9.47 Å². The van der Waals surface area contributed by atoms with Crippen molar-refractivity contribution in [3.05, 3.63) is 23.4 Å². The second kappa shape index (κ2) is 7.93. The Kier molecular flexibility index (Phi) is 5.37. The highest BCUT2D eigenvalue weighted by molar-refractivity contribution is 5.89. The van der Waals surface area contributed by atoms with Crippen LogP contribution < -0.4 is 5.32 Å². The van der Waals surface area contributed by atoms with Gasteiger partial charge in [-0.15, -0.1) is 10.2 Å². The number of likely N-dealkylation sites (tertiary alicyclic amines) is 1. The Morgan fingerprint density at radius 2 is 2.07 bits per heavy atom. The van der Waals surface area contributed by atoms with E-state index in [4.69, 9.17) is 0 Å². The first-order valence-corrected chi connectivity index (χ1v) is 10.6. The van der Waals surface area contributed by atoms with Gasteiger partial charge in [-0.1, -0.05) is 20.3 Å². The quantitative estimate of drug-likeness (QED) is 0.875. The van der Waals surface area contributed by atoms with Crippen LogP contribution in [-0.2, 0) is 26.4 Å². The molecule has 0 saturated carbocycles. The van der Waals surface area contributed by atoms with Gasteiger partial charge in [0.1, 0.15) is 11.6 Å². The van der Waals surface area contributed by atoms with Crippen LogP contribution in [0.5, 0.6) is 0 Å². The summed E-state index contributed by atoms with van der Waals surface area (Å²) in [5.41, 5.74) is 1.01. The Bertz CT molecular complexity index is 838. The van der Waals surface area contributed by atoms with Crippen LogP contribution in [-0.4, -0.2) is 42.0 Å². The van der Waals surface area contributed by atoms with Gasteiger partial charge in [0.05, 0.1) is 11.7 Å². The topological polar surface area (TPSA) is 80.9 Å². The third-order valence-electron chi connectivity index (χ3n) is 5.73. The van der Waals surface area contributed by atoms with Crippen molar-refractivity contribution in [1.29, 1.82) is 0 Å². The van der Waals surface area contributed by atoms with Crippen molar-refractivity contribution in [2.75, 3.05) is 11.9 Å². The van der Waals surface area contributed by atoms with E-state index in [1.54, 1.807) is 4.68 Å². The maximum atomic E-state index is 13.1. The minimum atomic E-state index is -0.0763. The number of fused-ring (bicyclic) bond motifs is 1. The van der Waals surface area contributed by atoms with Crippen LogP contribution in [0.25, 0.3) is 0 Å². The van der Waals surface area contributed by atoms with E-state index in [0.717, 1.165) is 68.4 Å². The van der Waals surface area contributed by atoms with Gasteiger partial charge in [-0.3, -0.25) is 10.00 Å². The Labute approximate surface area is 166 Å². The number of carbonyl (C=O) groups is 1. The molecule has 0 radical (unpaired) electrons. The second-order valence-electron chi connectivity index (χ2n) is 8.46. The molecule has 1 N–H and O–H groups in total. The fourth-order valence-corrected chi connectivity index (χ4v) is 4.38. The van der Waals surface area contributed by atoms with Gasteiger partial charge in [0.2, 0.25) is 0 Å². The van der Waals surface area contributed by atoms with Crippen LogP contribution >= 0.6 is 0 Å². The van der Waals surface area contributed by atoms with Gasteiger partial charge in [0, 0.05) is 32.6 Å².